The minimum atomic E-state index is -0.580. The first-order chi connectivity index (χ1) is 12.8. The van der Waals surface area contributed by atoms with Gasteiger partial charge in [-0.05, 0) is 55.3 Å². The molecule has 0 saturated carbocycles. The summed E-state index contributed by atoms with van der Waals surface area (Å²) in [6.45, 7) is 3.70. The van der Waals surface area contributed by atoms with Crippen molar-refractivity contribution in [3.05, 3.63) is 69.9 Å². The van der Waals surface area contributed by atoms with Gasteiger partial charge in [0.05, 0.1) is 18.4 Å². The number of hydrogen-bond acceptors (Lipinski definition) is 5. The van der Waals surface area contributed by atoms with Gasteiger partial charge in [-0.1, -0.05) is 23.7 Å². The third kappa shape index (κ3) is 3.44. The van der Waals surface area contributed by atoms with Gasteiger partial charge in [-0.25, -0.2) is 9.69 Å². The smallest absolute Gasteiger partial charge is 0.337 e. The van der Waals surface area contributed by atoms with Gasteiger partial charge in [0, 0.05) is 5.69 Å². The van der Waals surface area contributed by atoms with Gasteiger partial charge in [0.25, 0.3) is 11.8 Å². The van der Waals surface area contributed by atoms with Crippen LogP contribution in [0.1, 0.15) is 21.5 Å². The van der Waals surface area contributed by atoms with Gasteiger partial charge in [0.2, 0.25) is 0 Å². The van der Waals surface area contributed by atoms with Gasteiger partial charge < -0.3 is 10.1 Å². The third-order valence-corrected chi connectivity index (χ3v) is 4.56. The van der Waals surface area contributed by atoms with E-state index in [1.54, 1.807) is 30.3 Å². The summed E-state index contributed by atoms with van der Waals surface area (Å²) in [5.74, 6) is -1.58. The molecule has 7 heteroatoms. The van der Waals surface area contributed by atoms with Crippen LogP contribution in [-0.4, -0.2) is 24.9 Å². The number of carbonyl (C=O) groups excluding carboxylic acids is 3. The zero-order valence-electron chi connectivity index (χ0n) is 15.0. The Kier molecular flexibility index (Phi) is 5.01. The van der Waals surface area contributed by atoms with E-state index in [1.165, 1.54) is 7.11 Å². The molecule has 3 rings (SSSR count). The Morgan fingerprint density at radius 3 is 2.33 bits per heavy atom. The van der Waals surface area contributed by atoms with Crippen molar-refractivity contribution in [2.75, 3.05) is 17.3 Å². The first-order valence-electron chi connectivity index (χ1n) is 8.14. The fourth-order valence-corrected chi connectivity index (χ4v) is 2.95. The third-order valence-electron chi connectivity index (χ3n) is 4.21. The van der Waals surface area contributed by atoms with Crippen molar-refractivity contribution >= 4 is 40.8 Å². The molecule has 0 bridgehead atoms. The molecular weight excluding hydrogens is 368 g/mol. The number of rotatable bonds is 4. The lowest BCUT2D eigenvalue weighted by Gasteiger charge is -2.18. The lowest BCUT2D eigenvalue weighted by molar-refractivity contribution is -0.120. The molecular formula is C20H17ClN2O4. The summed E-state index contributed by atoms with van der Waals surface area (Å²) in [4.78, 5) is 38.0. The number of benzene rings is 2. The molecule has 1 aliphatic rings. The van der Waals surface area contributed by atoms with Crippen molar-refractivity contribution in [3.8, 4) is 0 Å². The van der Waals surface area contributed by atoms with Crippen molar-refractivity contribution in [2.45, 2.75) is 13.8 Å². The number of anilines is 2. The molecule has 138 valence electrons. The fourth-order valence-electron chi connectivity index (χ4n) is 2.74. The van der Waals surface area contributed by atoms with E-state index in [-0.39, 0.29) is 10.7 Å². The second-order valence-electron chi connectivity index (χ2n) is 6.12. The maximum Gasteiger partial charge on any atom is 0.337 e. The Hall–Kier alpha value is -3.12. The number of methoxy groups -OCH3 is 1. The minimum Gasteiger partial charge on any atom is -0.465 e. The SMILES string of the molecule is COC(=O)c1ccc(NC2=C(Cl)C(=O)N(c3cc(C)ccc3C)C2=O)cc1. The van der Waals surface area contributed by atoms with Crippen LogP contribution in [0.5, 0.6) is 0 Å². The molecule has 6 nitrogen and oxygen atoms in total. The molecule has 0 aromatic heterocycles. The highest BCUT2D eigenvalue weighted by Crippen LogP contribution is 2.32. The predicted molar refractivity (Wildman–Crippen MR) is 103 cm³/mol. The predicted octanol–water partition coefficient (Wildman–Crippen LogP) is 3.53. The molecule has 1 heterocycles. The number of nitrogens with one attached hydrogen (secondary N) is 1. The van der Waals surface area contributed by atoms with Gasteiger partial charge in [-0.15, -0.1) is 0 Å². The van der Waals surface area contributed by atoms with Gasteiger partial charge in [-0.3, -0.25) is 9.59 Å². The van der Waals surface area contributed by atoms with Crippen LogP contribution in [0.4, 0.5) is 11.4 Å². The van der Waals surface area contributed by atoms with E-state index in [1.807, 2.05) is 26.0 Å². The summed E-state index contributed by atoms with van der Waals surface area (Å²) in [6.07, 6.45) is 0. The van der Waals surface area contributed by atoms with Gasteiger partial charge in [-0.2, -0.15) is 0 Å². The molecule has 0 saturated heterocycles. The zero-order chi connectivity index (χ0) is 19.7. The molecule has 0 radical (unpaired) electrons. The Morgan fingerprint density at radius 2 is 1.70 bits per heavy atom. The summed E-state index contributed by atoms with van der Waals surface area (Å²) in [5, 5.41) is 2.69. The zero-order valence-corrected chi connectivity index (χ0v) is 15.8. The lowest BCUT2D eigenvalue weighted by Crippen LogP contribution is -2.32. The largest absolute Gasteiger partial charge is 0.465 e. The van der Waals surface area contributed by atoms with E-state index in [0.29, 0.717) is 16.9 Å². The minimum absolute atomic E-state index is 0.00612. The molecule has 0 unspecified atom stereocenters. The van der Waals surface area contributed by atoms with Crippen LogP contribution >= 0.6 is 11.6 Å². The molecule has 27 heavy (non-hydrogen) atoms. The number of hydrogen-bond donors (Lipinski definition) is 1. The first kappa shape index (κ1) is 18.7. The molecule has 2 aromatic carbocycles. The van der Waals surface area contributed by atoms with Crippen LogP contribution in [-0.2, 0) is 14.3 Å². The number of halogens is 1. The highest BCUT2D eigenvalue weighted by atomic mass is 35.5. The molecule has 2 amide bonds. The number of carbonyl (C=O) groups is 3. The summed E-state index contributed by atoms with van der Waals surface area (Å²) >= 11 is 6.15. The standard InChI is InChI=1S/C20H17ClN2O4/c1-11-4-5-12(2)15(10-11)23-18(24)16(21)17(19(23)25)22-14-8-6-13(7-9-14)20(26)27-3/h4-10,22H,1-3H3. The highest BCUT2D eigenvalue weighted by Gasteiger charge is 2.39. The summed E-state index contributed by atoms with van der Waals surface area (Å²) in [7, 11) is 1.30. The number of esters is 1. The van der Waals surface area contributed by atoms with E-state index < -0.39 is 17.8 Å². The van der Waals surface area contributed by atoms with Crippen LogP contribution < -0.4 is 10.2 Å². The van der Waals surface area contributed by atoms with E-state index >= 15 is 0 Å². The maximum atomic E-state index is 12.8. The number of imide groups is 1. The molecule has 0 fully saturated rings. The van der Waals surface area contributed by atoms with E-state index in [9.17, 15) is 14.4 Å². The van der Waals surface area contributed by atoms with Crippen molar-refractivity contribution in [3.63, 3.8) is 0 Å². The monoisotopic (exact) mass is 384 g/mol. The van der Waals surface area contributed by atoms with Crippen molar-refractivity contribution in [1.82, 2.24) is 0 Å². The van der Waals surface area contributed by atoms with Gasteiger partial charge in [0.1, 0.15) is 10.7 Å². The normalized spacial score (nSPS) is 14.0. The molecule has 0 atom stereocenters. The number of amides is 2. The summed E-state index contributed by atoms with van der Waals surface area (Å²) < 4.78 is 4.65. The van der Waals surface area contributed by atoms with Gasteiger partial charge >= 0.3 is 5.97 Å². The lowest BCUT2D eigenvalue weighted by atomic mass is 10.1. The fraction of sp³-hybridized carbons (Fsp3) is 0.150. The molecule has 1 N–H and O–H groups in total. The van der Waals surface area contributed by atoms with E-state index in [4.69, 9.17) is 11.6 Å². The van der Waals surface area contributed by atoms with Crippen LogP contribution in [0.3, 0.4) is 0 Å². The number of nitrogens with zero attached hydrogens (tertiary/aromatic N) is 1. The van der Waals surface area contributed by atoms with E-state index in [0.717, 1.165) is 16.0 Å². The topological polar surface area (TPSA) is 75.7 Å². The summed E-state index contributed by atoms with van der Waals surface area (Å²) in [5.41, 5.74) is 3.09. The van der Waals surface area contributed by atoms with E-state index in [2.05, 4.69) is 10.1 Å². The Morgan fingerprint density at radius 1 is 1.04 bits per heavy atom. The quantitative estimate of drug-likeness (QED) is 0.644. The Labute approximate surface area is 161 Å². The van der Waals surface area contributed by atoms with Crippen molar-refractivity contribution < 1.29 is 19.1 Å². The van der Waals surface area contributed by atoms with Crippen LogP contribution in [0.2, 0.25) is 0 Å². The maximum absolute atomic E-state index is 12.8. The van der Waals surface area contributed by atoms with Gasteiger partial charge in [0.15, 0.2) is 0 Å². The number of ether oxygens (including phenoxy) is 1. The van der Waals surface area contributed by atoms with Crippen LogP contribution in [0, 0.1) is 13.8 Å². The average molecular weight is 385 g/mol. The van der Waals surface area contributed by atoms with Crippen LogP contribution in [0.25, 0.3) is 0 Å². The first-order valence-corrected chi connectivity index (χ1v) is 8.52. The Bertz CT molecular complexity index is 980. The van der Waals surface area contributed by atoms with Crippen molar-refractivity contribution in [1.29, 1.82) is 0 Å². The highest BCUT2D eigenvalue weighted by molar-refractivity contribution is 6.53. The average Bonchev–Trinajstić information content (AvgIpc) is 2.87. The number of aryl methyl sites for hydroxylation is 2. The molecule has 0 aliphatic carbocycles. The molecule has 0 spiro atoms. The second kappa shape index (κ2) is 7.25. The Balaban J connectivity index is 1.88. The second-order valence-corrected chi connectivity index (χ2v) is 6.50. The van der Waals surface area contributed by atoms with Crippen LogP contribution in [0.15, 0.2) is 53.2 Å². The molecule has 1 aliphatic heterocycles. The van der Waals surface area contributed by atoms with Crippen molar-refractivity contribution in [2.24, 2.45) is 0 Å². The summed E-state index contributed by atoms with van der Waals surface area (Å²) in [6, 6.07) is 11.8. The molecule has 2 aromatic rings.